The van der Waals surface area contributed by atoms with Gasteiger partial charge in [0.2, 0.25) is 5.95 Å². The number of benzene rings is 2. The molecule has 17 nitrogen and oxygen atoms in total. The van der Waals surface area contributed by atoms with Gasteiger partial charge in [-0.3, -0.25) is 24.4 Å². The number of nitrogen functional groups attached to an aromatic ring is 1. The molecule has 2 aromatic heterocycles. The summed E-state index contributed by atoms with van der Waals surface area (Å²) in [7, 11) is 0. The number of aromatic amines is 1. The smallest absolute Gasteiger partial charge is 0.338 e. The van der Waals surface area contributed by atoms with Crippen LogP contribution in [0.5, 0.6) is 5.75 Å². The van der Waals surface area contributed by atoms with E-state index in [0.29, 0.717) is 5.69 Å². The van der Waals surface area contributed by atoms with Gasteiger partial charge in [-0.1, -0.05) is 0 Å². The minimum atomic E-state index is -1.43. The van der Waals surface area contributed by atoms with Gasteiger partial charge < -0.3 is 32.1 Å². The van der Waals surface area contributed by atoms with Gasteiger partial charge in [0.25, 0.3) is 11.5 Å². The van der Waals surface area contributed by atoms with E-state index in [1.165, 1.54) is 59.7 Å². The Balaban J connectivity index is 1.70. The molecule has 3 amide bonds. The summed E-state index contributed by atoms with van der Waals surface area (Å²) in [6, 6.07) is 8.78. The molecule has 4 aromatic rings. The number of hydrogen-bond donors (Lipinski definition) is 7. The van der Waals surface area contributed by atoms with Crippen LogP contribution in [0.1, 0.15) is 28.9 Å². The summed E-state index contributed by atoms with van der Waals surface area (Å²) in [5.41, 5.74) is 11.4. The summed E-state index contributed by atoms with van der Waals surface area (Å²) in [4.78, 5) is 74.9. The average Bonchev–Trinajstić information content (AvgIpc) is 2.95. The maximum Gasteiger partial charge on any atom is 0.338 e. The Bertz CT molecular complexity index is 1740. The number of amides is 3. The zero-order chi connectivity index (χ0) is 31.3. The molecule has 0 saturated carbocycles. The van der Waals surface area contributed by atoms with Crippen molar-refractivity contribution in [3.63, 3.8) is 0 Å². The minimum absolute atomic E-state index is 0.000210. The molecule has 4 rings (SSSR count). The van der Waals surface area contributed by atoms with E-state index in [1.54, 1.807) is 0 Å². The molecule has 2 aromatic carbocycles. The molecule has 0 saturated heterocycles. The fourth-order valence-corrected chi connectivity index (χ4v) is 4.01. The Morgan fingerprint density at radius 3 is 2.23 bits per heavy atom. The number of anilines is 3. The Morgan fingerprint density at radius 1 is 0.977 bits per heavy atom. The Hall–Kier alpha value is -6.26. The van der Waals surface area contributed by atoms with Crippen LogP contribution in [-0.4, -0.2) is 65.2 Å². The maximum atomic E-state index is 12.7. The van der Waals surface area contributed by atoms with Crippen molar-refractivity contribution < 1.29 is 34.5 Å². The number of carbonyl (C=O) groups is 4. The monoisotopic (exact) mass is 591 g/mol. The van der Waals surface area contributed by atoms with E-state index in [2.05, 4.69) is 25.3 Å². The Kier molecular flexibility index (Phi) is 8.64. The molecule has 0 bridgehead atoms. The molecule has 0 aliphatic rings. The number of phenols is 1. The fourth-order valence-electron chi connectivity index (χ4n) is 4.01. The highest BCUT2D eigenvalue weighted by Crippen LogP contribution is 2.27. The van der Waals surface area contributed by atoms with Gasteiger partial charge in [0, 0.05) is 12.0 Å². The van der Waals surface area contributed by atoms with E-state index in [9.17, 15) is 34.2 Å². The number of nitrogens with zero attached hydrogens (tertiary/aromatic N) is 5. The van der Waals surface area contributed by atoms with Crippen LogP contribution in [0.2, 0.25) is 0 Å². The number of carbonyl (C=O) groups excluding carboxylic acids is 2. The van der Waals surface area contributed by atoms with E-state index in [1.807, 2.05) is 0 Å². The molecule has 2 heterocycles. The molecule has 0 aliphatic carbocycles. The molecule has 43 heavy (non-hydrogen) atoms. The molecular weight excluding hydrogens is 566 g/mol. The van der Waals surface area contributed by atoms with Crippen LogP contribution in [0.4, 0.5) is 22.1 Å². The third-order valence-electron chi connectivity index (χ3n) is 6.02. The molecule has 0 unspecified atom stereocenters. The van der Waals surface area contributed by atoms with Gasteiger partial charge in [0.05, 0.1) is 29.8 Å². The van der Waals surface area contributed by atoms with Gasteiger partial charge >= 0.3 is 18.0 Å². The van der Waals surface area contributed by atoms with Crippen molar-refractivity contribution in [1.82, 2.24) is 25.3 Å². The van der Waals surface area contributed by atoms with Crippen molar-refractivity contribution >= 4 is 52.4 Å². The number of carboxylic acid groups (broad SMARTS) is 2. The molecule has 0 radical (unpaired) electrons. The molecule has 222 valence electrons. The third kappa shape index (κ3) is 7.09. The first-order valence-corrected chi connectivity index (χ1v) is 12.5. The molecule has 1 atom stereocenters. The number of hydrazine groups is 1. The number of fused-ring (bicyclic) bond motifs is 1. The van der Waals surface area contributed by atoms with E-state index >= 15 is 0 Å². The van der Waals surface area contributed by atoms with Gasteiger partial charge in [-0.05, 0) is 55.0 Å². The van der Waals surface area contributed by atoms with Crippen LogP contribution >= 0.6 is 0 Å². The predicted octanol–water partition coefficient (Wildman–Crippen LogP) is 0.556. The summed E-state index contributed by atoms with van der Waals surface area (Å²) in [6.07, 6.45) is 0.542. The number of urea groups is 1. The van der Waals surface area contributed by atoms with Crippen LogP contribution in [0.15, 0.2) is 59.5 Å². The number of aromatic nitrogens is 4. The Labute approximate surface area is 241 Å². The van der Waals surface area contributed by atoms with Crippen molar-refractivity contribution in [2.45, 2.75) is 25.4 Å². The van der Waals surface area contributed by atoms with Crippen molar-refractivity contribution in [1.29, 1.82) is 0 Å². The van der Waals surface area contributed by atoms with Gasteiger partial charge in [0.1, 0.15) is 11.8 Å². The first kappa shape index (κ1) is 29.7. The van der Waals surface area contributed by atoms with E-state index in [-0.39, 0.29) is 52.8 Å². The van der Waals surface area contributed by atoms with Crippen LogP contribution in [0, 0.1) is 0 Å². The number of nitrogens with one attached hydrogen (secondary N) is 2. The lowest BCUT2D eigenvalue weighted by Gasteiger charge is -2.35. The first-order chi connectivity index (χ1) is 20.4. The number of primary amides is 1. The normalized spacial score (nSPS) is 11.4. The largest absolute Gasteiger partial charge is 0.508 e. The fraction of sp³-hybridized carbons (Fsp3) is 0.154. The van der Waals surface area contributed by atoms with Crippen molar-refractivity contribution in [3.8, 4) is 5.75 Å². The highest BCUT2D eigenvalue weighted by Gasteiger charge is 2.25. The highest BCUT2D eigenvalue weighted by molar-refractivity contribution is 5.97. The van der Waals surface area contributed by atoms with Crippen LogP contribution in [0.25, 0.3) is 11.2 Å². The SMILES string of the molecule is NC(=O)N(c1ccc(O)cc1)N(Cc1cnc2nc(N)[nH]c(=O)c2n1)c1ccc(C(=O)N[C@@H](CCC(=O)O)C(=O)O)cc1. The van der Waals surface area contributed by atoms with Crippen LogP contribution in [-0.2, 0) is 16.1 Å². The number of H-pyrrole nitrogens is 1. The molecular formula is C26H25N9O8. The number of hydrogen-bond acceptors (Lipinski definition) is 11. The van der Waals surface area contributed by atoms with Crippen molar-refractivity contribution in [2.75, 3.05) is 15.8 Å². The van der Waals surface area contributed by atoms with Gasteiger partial charge in [-0.25, -0.2) is 24.6 Å². The average molecular weight is 592 g/mol. The summed E-state index contributed by atoms with van der Waals surface area (Å²) in [5.74, 6) is -3.58. The number of aliphatic carboxylic acids is 2. The maximum absolute atomic E-state index is 12.7. The zero-order valence-corrected chi connectivity index (χ0v) is 22.2. The van der Waals surface area contributed by atoms with Crippen molar-refractivity contribution in [2.24, 2.45) is 5.73 Å². The van der Waals surface area contributed by atoms with Crippen molar-refractivity contribution in [3.05, 3.63) is 76.3 Å². The third-order valence-corrected chi connectivity index (χ3v) is 6.02. The minimum Gasteiger partial charge on any atom is -0.508 e. The Morgan fingerprint density at radius 2 is 1.63 bits per heavy atom. The van der Waals surface area contributed by atoms with Gasteiger partial charge in [-0.2, -0.15) is 4.98 Å². The quantitative estimate of drug-likeness (QED) is 0.118. The number of rotatable bonds is 11. The summed E-state index contributed by atoms with van der Waals surface area (Å²) >= 11 is 0. The molecule has 0 aliphatic heterocycles. The lowest BCUT2D eigenvalue weighted by molar-refractivity contribution is -0.140. The number of phenolic OH excluding ortho intramolecular Hbond substituents is 1. The lowest BCUT2D eigenvalue weighted by Crippen LogP contribution is -2.49. The van der Waals surface area contributed by atoms with Gasteiger partial charge in [-0.15, -0.1) is 0 Å². The van der Waals surface area contributed by atoms with Crippen LogP contribution in [0.3, 0.4) is 0 Å². The summed E-state index contributed by atoms with van der Waals surface area (Å²) < 4.78 is 0. The molecule has 0 fully saturated rings. The predicted molar refractivity (Wildman–Crippen MR) is 151 cm³/mol. The van der Waals surface area contributed by atoms with Crippen LogP contribution < -0.4 is 32.4 Å². The number of aromatic hydroxyl groups is 1. The molecule has 17 heteroatoms. The summed E-state index contributed by atoms with van der Waals surface area (Å²) in [5, 5.41) is 32.7. The van der Waals surface area contributed by atoms with Gasteiger partial charge in [0.15, 0.2) is 11.2 Å². The number of nitrogens with two attached hydrogens (primary N) is 2. The molecule has 0 spiro atoms. The number of carboxylic acids is 2. The standard InChI is InChI=1S/C26H25N9O8/c27-25-32-21-20(23(40)33-25)30-14(11-29-21)12-34(35(26(28)43)16-5-7-17(36)8-6-16)15-3-1-13(2-4-15)22(39)31-18(24(41)42)9-10-19(37)38/h1-8,11,18,36H,9-10,12H2,(H2,28,43)(H,31,39)(H,37,38)(H,41,42)(H3,27,29,32,33,40)/t18-/m0/s1. The summed E-state index contributed by atoms with van der Waals surface area (Å²) in [6.45, 7) is -0.182. The van der Waals surface area contributed by atoms with E-state index in [4.69, 9.17) is 16.6 Å². The van der Waals surface area contributed by atoms with E-state index in [0.717, 1.165) is 5.01 Å². The second-order valence-corrected chi connectivity index (χ2v) is 9.05. The lowest BCUT2D eigenvalue weighted by atomic mass is 10.1. The van der Waals surface area contributed by atoms with E-state index < -0.39 is 41.9 Å². The molecule has 9 N–H and O–H groups in total. The topological polar surface area (TPSA) is 271 Å². The second-order valence-electron chi connectivity index (χ2n) is 9.05. The first-order valence-electron chi connectivity index (χ1n) is 12.5. The zero-order valence-electron chi connectivity index (χ0n) is 22.2. The highest BCUT2D eigenvalue weighted by atomic mass is 16.4. The second kappa shape index (κ2) is 12.5.